The number of carbonyl (C=O) groups excluding carboxylic acids is 2. The standard InChI is InChI=1S/C19H29N3O2/c1-2-3-12-20-18(23)15-21-17-10-8-16(9-11-17)19(24)22-13-6-4-5-7-14-22/h8-11,21H,2-7,12-15H2,1H3,(H,20,23). The van der Waals surface area contributed by atoms with Crippen molar-refractivity contribution in [3.8, 4) is 0 Å². The van der Waals surface area contributed by atoms with Crippen LogP contribution in [0.3, 0.4) is 0 Å². The number of nitrogens with one attached hydrogen (secondary N) is 2. The Morgan fingerprint density at radius 2 is 1.71 bits per heavy atom. The maximum atomic E-state index is 12.5. The molecule has 0 bridgehead atoms. The smallest absolute Gasteiger partial charge is 0.253 e. The average molecular weight is 331 g/mol. The summed E-state index contributed by atoms with van der Waals surface area (Å²) in [5.74, 6) is 0.105. The first-order chi connectivity index (χ1) is 11.7. The Morgan fingerprint density at radius 3 is 2.33 bits per heavy atom. The number of rotatable bonds is 7. The maximum absolute atomic E-state index is 12.5. The number of amides is 2. The van der Waals surface area contributed by atoms with Crippen LogP contribution in [0.15, 0.2) is 24.3 Å². The van der Waals surface area contributed by atoms with Crippen molar-refractivity contribution in [1.29, 1.82) is 0 Å². The molecule has 132 valence electrons. The van der Waals surface area contributed by atoms with Crippen LogP contribution in [0.2, 0.25) is 0 Å². The predicted molar refractivity (Wildman–Crippen MR) is 97.2 cm³/mol. The van der Waals surface area contributed by atoms with Crippen LogP contribution < -0.4 is 10.6 Å². The van der Waals surface area contributed by atoms with Crippen LogP contribution in [-0.2, 0) is 4.79 Å². The van der Waals surface area contributed by atoms with E-state index < -0.39 is 0 Å². The molecule has 0 unspecified atom stereocenters. The molecule has 2 rings (SSSR count). The van der Waals surface area contributed by atoms with Crippen molar-refractivity contribution in [2.24, 2.45) is 0 Å². The number of unbranched alkanes of at least 4 members (excludes halogenated alkanes) is 1. The van der Waals surface area contributed by atoms with E-state index in [0.29, 0.717) is 0 Å². The summed E-state index contributed by atoms with van der Waals surface area (Å²) in [4.78, 5) is 26.1. The van der Waals surface area contributed by atoms with Gasteiger partial charge < -0.3 is 15.5 Å². The van der Waals surface area contributed by atoms with Gasteiger partial charge in [-0.25, -0.2) is 0 Å². The first-order valence-corrected chi connectivity index (χ1v) is 9.10. The Bertz CT molecular complexity index is 520. The summed E-state index contributed by atoms with van der Waals surface area (Å²) in [7, 11) is 0. The molecule has 0 spiro atoms. The van der Waals surface area contributed by atoms with Crippen LogP contribution in [0, 0.1) is 0 Å². The zero-order chi connectivity index (χ0) is 17.2. The SMILES string of the molecule is CCCCNC(=O)CNc1ccc(C(=O)N2CCCCCC2)cc1. The van der Waals surface area contributed by atoms with E-state index in [1.54, 1.807) is 0 Å². The molecule has 0 radical (unpaired) electrons. The van der Waals surface area contributed by atoms with Crippen LogP contribution in [0.25, 0.3) is 0 Å². The fraction of sp³-hybridized carbons (Fsp3) is 0.579. The van der Waals surface area contributed by atoms with Gasteiger partial charge in [-0.15, -0.1) is 0 Å². The summed E-state index contributed by atoms with van der Waals surface area (Å²) in [6.45, 7) is 4.79. The molecule has 1 heterocycles. The predicted octanol–water partition coefficient (Wildman–Crippen LogP) is 3.03. The van der Waals surface area contributed by atoms with Gasteiger partial charge in [-0.2, -0.15) is 0 Å². The second kappa shape index (κ2) is 9.96. The molecule has 5 heteroatoms. The van der Waals surface area contributed by atoms with Gasteiger partial charge in [0.15, 0.2) is 0 Å². The van der Waals surface area contributed by atoms with Gasteiger partial charge in [-0.1, -0.05) is 26.2 Å². The van der Waals surface area contributed by atoms with E-state index in [9.17, 15) is 9.59 Å². The highest BCUT2D eigenvalue weighted by atomic mass is 16.2. The zero-order valence-electron chi connectivity index (χ0n) is 14.6. The summed E-state index contributed by atoms with van der Waals surface area (Å²) in [5, 5.41) is 5.96. The van der Waals surface area contributed by atoms with Crippen LogP contribution in [0.4, 0.5) is 5.69 Å². The van der Waals surface area contributed by atoms with E-state index in [2.05, 4.69) is 17.6 Å². The Kier molecular flexibility index (Phi) is 7.59. The van der Waals surface area contributed by atoms with Gasteiger partial charge in [0, 0.05) is 30.9 Å². The molecule has 1 aliphatic heterocycles. The van der Waals surface area contributed by atoms with Gasteiger partial charge in [0.05, 0.1) is 6.54 Å². The van der Waals surface area contributed by atoms with E-state index >= 15 is 0 Å². The van der Waals surface area contributed by atoms with Crippen molar-refractivity contribution in [3.63, 3.8) is 0 Å². The summed E-state index contributed by atoms with van der Waals surface area (Å²) >= 11 is 0. The monoisotopic (exact) mass is 331 g/mol. The van der Waals surface area contributed by atoms with E-state index in [1.807, 2.05) is 29.2 Å². The van der Waals surface area contributed by atoms with Crippen molar-refractivity contribution >= 4 is 17.5 Å². The summed E-state index contributed by atoms with van der Waals surface area (Å²) in [5.41, 5.74) is 1.57. The third-order valence-electron chi connectivity index (χ3n) is 4.33. The lowest BCUT2D eigenvalue weighted by Gasteiger charge is -2.20. The maximum Gasteiger partial charge on any atom is 0.253 e. The molecular formula is C19H29N3O2. The fourth-order valence-corrected chi connectivity index (χ4v) is 2.84. The molecule has 1 aromatic carbocycles. The number of hydrogen-bond donors (Lipinski definition) is 2. The summed E-state index contributed by atoms with van der Waals surface area (Å²) in [6.07, 6.45) is 6.69. The van der Waals surface area contributed by atoms with Gasteiger partial charge in [0.2, 0.25) is 5.91 Å². The highest BCUT2D eigenvalue weighted by Crippen LogP contribution is 2.15. The molecular weight excluding hydrogens is 302 g/mol. The fourth-order valence-electron chi connectivity index (χ4n) is 2.84. The molecule has 0 atom stereocenters. The van der Waals surface area contributed by atoms with E-state index in [4.69, 9.17) is 0 Å². The number of anilines is 1. The number of benzene rings is 1. The van der Waals surface area contributed by atoms with Crippen molar-refractivity contribution < 1.29 is 9.59 Å². The van der Waals surface area contributed by atoms with Crippen LogP contribution in [0.1, 0.15) is 55.8 Å². The molecule has 1 aromatic rings. The molecule has 2 N–H and O–H groups in total. The van der Waals surface area contributed by atoms with Crippen LogP contribution in [0.5, 0.6) is 0 Å². The highest BCUT2D eigenvalue weighted by molar-refractivity contribution is 5.94. The molecule has 2 amide bonds. The molecule has 0 saturated carbocycles. The third kappa shape index (κ3) is 5.87. The Hall–Kier alpha value is -2.04. The Balaban J connectivity index is 1.81. The van der Waals surface area contributed by atoms with E-state index in [1.165, 1.54) is 12.8 Å². The third-order valence-corrected chi connectivity index (χ3v) is 4.33. The van der Waals surface area contributed by atoms with Gasteiger partial charge in [0.1, 0.15) is 0 Å². The highest BCUT2D eigenvalue weighted by Gasteiger charge is 2.17. The average Bonchev–Trinajstić information content (AvgIpc) is 2.89. The molecule has 5 nitrogen and oxygen atoms in total. The number of carbonyl (C=O) groups is 2. The number of nitrogens with zero attached hydrogens (tertiary/aromatic N) is 1. The van der Waals surface area contributed by atoms with E-state index in [-0.39, 0.29) is 18.4 Å². The minimum Gasteiger partial charge on any atom is -0.376 e. The van der Waals surface area contributed by atoms with Crippen molar-refractivity contribution in [1.82, 2.24) is 10.2 Å². The molecule has 0 aromatic heterocycles. The van der Waals surface area contributed by atoms with Gasteiger partial charge in [-0.05, 0) is 43.5 Å². The van der Waals surface area contributed by atoms with Crippen LogP contribution in [-0.4, -0.2) is 42.9 Å². The molecule has 1 saturated heterocycles. The second-order valence-electron chi connectivity index (χ2n) is 6.34. The van der Waals surface area contributed by atoms with Crippen molar-refractivity contribution in [2.75, 3.05) is 31.5 Å². The largest absolute Gasteiger partial charge is 0.376 e. The lowest BCUT2D eigenvalue weighted by Crippen LogP contribution is -2.32. The second-order valence-corrected chi connectivity index (χ2v) is 6.34. The van der Waals surface area contributed by atoms with Crippen molar-refractivity contribution in [3.05, 3.63) is 29.8 Å². The van der Waals surface area contributed by atoms with Crippen LogP contribution >= 0.6 is 0 Å². The van der Waals surface area contributed by atoms with Gasteiger partial charge in [-0.3, -0.25) is 9.59 Å². The van der Waals surface area contributed by atoms with Gasteiger partial charge >= 0.3 is 0 Å². The molecule has 0 aliphatic carbocycles. The zero-order valence-corrected chi connectivity index (χ0v) is 14.6. The molecule has 1 fully saturated rings. The quantitative estimate of drug-likeness (QED) is 0.755. The Morgan fingerprint density at radius 1 is 1.04 bits per heavy atom. The lowest BCUT2D eigenvalue weighted by molar-refractivity contribution is -0.119. The number of hydrogen-bond acceptors (Lipinski definition) is 3. The summed E-state index contributed by atoms with van der Waals surface area (Å²) in [6, 6.07) is 7.41. The van der Waals surface area contributed by atoms with Gasteiger partial charge in [0.25, 0.3) is 5.91 Å². The summed E-state index contributed by atoms with van der Waals surface area (Å²) < 4.78 is 0. The number of likely N-dealkylation sites (tertiary alicyclic amines) is 1. The normalized spacial score (nSPS) is 14.8. The first-order valence-electron chi connectivity index (χ1n) is 9.10. The minimum absolute atomic E-state index is 0.00632. The lowest BCUT2D eigenvalue weighted by atomic mass is 10.1. The van der Waals surface area contributed by atoms with Crippen molar-refractivity contribution in [2.45, 2.75) is 45.4 Å². The molecule has 24 heavy (non-hydrogen) atoms. The van der Waals surface area contributed by atoms with E-state index in [0.717, 1.165) is 56.6 Å². The molecule has 1 aliphatic rings. The minimum atomic E-state index is -0.00632. The topological polar surface area (TPSA) is 61.4 Å². The first kappa shape index (κ1) is 18.3. The Labute approximate surface area is 144 Å².